The van der Waals surface area contributed by atoms with Crippen LogP contribution in [0.5, 0.6) is 0 Å². The Morgan fingerprint density at radius 1 is 1.04 bits per heavy atom. The van der Waals surface area contributed by atoms with Gasteiger partial charge < -0.3 is 15.1 Å². The van der Waals surface area contributed by atoms with Gasteiger partial charge in [-0.3, -0.25) is 9.59 Å². The molecule has 0 bridgehead atoms. The zero-order valence-electron chi connectivity index (χ0n) is 15.1. The number of likely N-dealkylation sites (tertiary alicyclic amines) is 1. The van der Waals surface area contributed by atoms with Gasteiger partial charge >= 0.3 is 0 Å². The highest BCUT2D eigenvalue weighted by atomic mass is 35.5. The molecule has 5 nitrogen and oxygen atoms in total. The Labute approximate surface area is 163 Å². The van der Waals surface area contributed by atoms with Crippen LogP contribution in [0, 0.1) is 0 Å². The highest BCUT2D eigenvalue weighted by molar-refractivity contribution is 6.31. The lowest BCUT2D eigenvalue weighted by molar-refractivity contribution is -0.116. The fourth-order valence-electron chi connectivity index (χ4n) is 3.80. The highest BCUT2D eigenvalue weighted by Crippen LogP contribution is 2.28. The third-order valence-electron chi connectivity index (χ3n) is 5.22. The van der Waals surface area contributed by atoms with Crippen LogP contribution in [0.1, 0.15) is 28.8 Å². The zero-order chi connectivity index (χ0) is 18.8. The summed E-state index contributed by atoms with van der Waals surface area (Å²) in [5.74, 6) is -0.0362. The predicted octanol–water partition coefficient (Wildman–Crippen LogP) is 3.58. The van der Waals surface area contributed by atoms with Crippen molar-refractivity contribution in [2.75, 3.05) is 36.4 Å². The van der Waals surface area contributed by atoms with E-state index in [0.29, 0.717) is 22.8 Å². The molecule has 2 aliphatic rings. The Morgan fingerprint density at radius 2 is 1.81 bits per heavy atom. The first-order valence-corrected chi connectivity index (χ1v) is 9.72. The van der Waals surface area contributed by atoms with Crippen molar-refractivity contribution in [2.45, 2.75) is 19.3 Å². The second-order valence-electron chi connectivity index (χ2n) is 6.97. The summed E-state index contributed by atoms with van der Waals surface area (Å²) in [5, 5.41) is 3.67. The first-order valence-electron chi connectivity index (χ1n) is 9.34. The number of halogens is 1. The lowest BCUT2D eigenvalue weighted by atomic mass is 10.1. The number of hydrogen-bond acceptors (Lipinski definition) is 3. The highest BCUT2D eigenvalue weighted by Gasteiger charge is 2.25. The number of nitrogens with zero attached hydrogens (tertiary/aromatic N) is 2. The van der Waals surface area contributed by atoms with E-state index in [0.717, 1.165) is 38.0 Å². The monoisotopic (exact) mass is 383 g/mol. The molecule has 1 N–H and O–H groups in total. The number of benzene rings is 2. The van der Waals surface area contributed by atoms with Crippen molar-refractivity contribution in [3.63, 3.8) is 0 Å². The van der Waals surface area contributed by atoms with Gasteiger partial charge in [0.2, 0.25) is 5.91 Å². The fraction of sp³-hybridized carbons (Fsp3) is 0.333. The molecule has 2 amide bonds. The topological polar surface area (TPSA) is 52.7 Å². The summed E-state index contributed by atoms with van der Waals surface area (Å²) >= 11 is 6.12. The summed E-state index contributed by atoms with van der Waals surface area (Å²) in [7, 11) is 0. The third-order valence-corrected chi connectivity index (χ3v) is 5.46. The number of rotatable bonds is 4. The van der Waals surface area contributed by atoms with Gasteiger partial charge in [0.15, 0.2) is 0 Å². The van der Waals surface area contributed by atoms with Crippen molar-refractivity contribution < 1.29 is 9.59 Å². The Kier molecular flexibility index (Phi) is 5.03. The molecule has 1 saturated heterocycles. The fourth-order valence-corrected chi connectivity index (χ4v) is 3.97. The molecule has 1 fully saturated rings. The van der Waals surface area contributed by atoms with Crippen LogP contribution in [-0.2, 0) is 11.2 Å². The molecule has 4 rings (SSSR count). The number of nitrogens with one attached hydrogen (secondary N) is 1. The Hall–Kier alpha value is -2.53. The van der Waals surface area contributed by atoms with Crippen LogP contribution >= 0.6 is 11.6 Å². The maximum Gasteiger partial charge on any atom is 0.256 e. The van der Waals surface area contributed by atoms with Crippen LogP contribution in [0.3, 0.4) is 0 Å². The minimum absolute atomic E-state index is 0.00512. The van der Waals surface area contributed by atoms with E-state index in [1.54, 1.807) is 23.1 Å². The van der Waals surface area contributed by atoms with E-state index < -0.39 is 0 Å². The molecule has 2 aromatic carbocycles. The van der Waals surface area contributed by atoms with E-state index in [9.17, 15) is 9.59 Å². The SMILES string of the molecule is O=C(c1cc(Cl)ccc1NCC(=O)N1CCc2ccccc21)N1CCCC1. The summed E-state index contributed by atoms with van der Waals surface area (Å²) < 4.78 is 0. The van der Waals surface area contributed by atoms with Crippen LogP contribution in [-0.4, -0.2) is 42.9 Å². The Balaban J connectivity index is 1.48. The van der Waals surface area contributed by atoms with Crippen LogP contribution in [0.4, 0.5) is 11.4 Å². The molecule has 0 unspecified atom stereocenters. The smallest absolute Gasteiger partial charge is 0.256 e. The largest absolute Gasteiger partial charge is 0.375 e. The predicted molar refractivity (Wildman–Crippen MR) is 108 cm³/mol. The quantitative estimate of drug-likeness (QED) is 0.878. The van der Waals surface area contributed by atoms with Crippen molar-refractivity contribution in [3.8, 4) is 0 Å². The number of carbonyl (C=O) groups is 2. The molecule has 0 aromatic heterocycles. The molecule has 0 saturated carbocycles. The van der Waals surface area contributed by atoms with Gasteiger partial charge in [0, 0.05) is 36.0 Å². The maximum absolute atomic E-state index is 12.8. The van der Waals surface area contributed by atoms with E-state index in [4.69, 9.17) is 11.6 Å². The van der Waals surface area contributed by atoms with Crippen LogP contribution in [0.25, 0.3) is 0 Å². The number of amides is 2. The van der Waals surface area contributed by atoms with Crippen molar-refractivity contribution in [1.82, 2.24) is 4.90 Å². The van der Waals surface area contributed by atoms with E-state index in [1.165, 1.54) is 5.56 Å². The van der Waals surface area contributed by atoms with Gasteiger partial charge in [0.1, 0.15) is 0 Å². The van der Waals surface area contributed by atoms with Crippen molar-refractivity contribution in [2.24, 2.45) is 0 Å². The van der Waals surface area contributed by atoms with Gasteiger partial charge in [-0.2, -0.15) is 0 Å². The van der Waals surface area contributed by atoms with Gasteiger partial charge in [-0.05, 0) is 49.1 Å². The Morgan fingerprint density at radius 3 is 2.63 bits per heavy atom. The summed E-state index contributed by atoms with van der Waals surface area (Å²) in [6, 6.07) is 13.2. The lowest BCUT2D eigenvalue weighted by Crippen LogP contribution is -2.34. The summed E-state index contributed by atoms with van der Waals surface area (Å²) in [6.07, 6.45) is 2.94. The first kappa shape index (κ1) is 17.9. The lowest BCUT2D eigenvalue weighted by Gasteiger charge is -2.20. The average Bonchev–Trinajstić information content (AvgIpc) is 3.36. The molecule has 2 aromatic rings. The molecule has 140 valence electrons. The molecule has 27 heavy (non-hydrogen) atoms. The van der Waals surface area contributed by atoms with E-state index in [-0.39, 0.29) is 18.4 Å². The van der Waals surface area contributed by atoms with Crippen molar-refractivity contribution in [3.05, 3.63) is 58.6 Å². The third kappa shape index (κ3) is 3.65. The standard InChI is InChI=1S/C21H22ClN3O2/c22-16-7-8-18(17(13-16)21(27)24-10-3-4-11-24)23-14-20(26)25-12-9-15-5-1-2-6-19(15)25/h1-2,5-8,13,23H,3-4,9-12,14H2. The number of hydrogen-bond donors (Lipinski definition) is 1. The molecule has 0 atom stereocenters. The second kappa shape index (κ2) is 7.61. The summed E-state index contributed by atoms with van der Waals surface area (Å²) in [5.41, 5.74) is 3.35. The summed E-state index contributed by atoms with van der Waals surface area (Å²) in [6.45, 7) is 2.37. The average molecular weight is 384 g/mol. The van der Waals surface area contributed by atoms with Gasteiger partial charge in [0.25, 0.3) is 5.91 Å². The normalized spacial score (nSPS) is 15.7. The van der Waals surface area contributed by atoms with Crippen LogP contribution < -0.4 is 10.2 Å². The zero-order valence-corrected chi connectivity index (χ0v) is 15.8. The molecule has 0 spiro atoms. The van der Waals surface area contributed by atoms with Crippen LogP contribution in [0.15, 0.2) is 42.5 Å². The molecule has 6 heteroatoms. The number of anilines is 2. The molecular formula is C21H22ClN3O2. The Bertz CT molecular complexity index is 877. The maximum atomic E-state index is 12.8. The minimum atomic E-state index is -0.0310. The minimum Gasteiger partial charge on any atom is -0.375 e. The molecule has 0 aliphatic carbocycles. The van der Waals surface area contributed by atoms with Crippen molar-refractivity contribution >= 4 is 34.8 Å². The van der Waals surface area contributed by atoms with E-state index in [2.05, 4.69) is 11.4 Å². The van der Waals surface area contributed by atoms with Gasteiger partial charge in [-0.25, -0.2) is 0 Å². The summed E-state index contributed by atoms with van der Waals surface area (Å²) in [4.78, 5) is 29.2. The number of carbonyl (C=O) groups excluding carboxylic acids is 2. The second-order valence-corrected chi connectivity index (χ2v) is 7.40. The number of fused-ring (bicyclic) bond motifs is 1. The van der Waals surface area contributed by atoms with E-state index >= 15 is 0 Å². The molecule has 2 heterocycles. The van der Waals surface area contributed by atoms with Crippen LogP contribution in [0.2, 0.25) is 5.02 Å². The molecular weight excluding hydrogens is 362 g/mol. The number of para-hydroxylation sites is 1. The van der Waals surface area contributed by atoms with Gasteiger partial charge in [0.05, 0.1) is 12.1 Å². The van der Waals surface area contributed by atoms with E-state index in [1.807, 2.05) is 23.1 Å². The van der Waals surface area contributed by atoms with Gasteiger partial charge in [-0.1, -0.05) is 29.8 Å². The van der Waals surface area contributed by atoms with Gasteiger partial charge in [-0.15, -0.1) is 0 Å². The molecule has 2 aliphatic heterocycles. The molecule has 0 radical (unpaired) electrons. The van der Waals surface area contributed by atoms with Crippen molar-refractivity contribution in [1.29, 1.82) is 0 Å². The first-order chi connectivity index (χ1) is 13.1.